The quantitative estimate of drug-likeness (QED) is 0.886. The molecular weight excluding hydrogens is 306 g/mol. The van der Waals surface area contributed by atoms with Gasteiger partial charge in [0.2, 0.25) is 11.8 Å². The van der Waals surface area contributed by atoms with Crippen LogP contribution in [0.2, 0.25) is 0 Å². The fraction of sp³-hybridized carbons (Fsp3) is 0.500. The lowest BCUT2D eigenvalue weighted by molar-refractivity contribution is -0.129. The number of hydrogen-bond acceptors (Lipinski definition) is 3. The summed E-state index contributed by atoms with van der Waals surface area (Å²) < 4.78 is 0. The molecule has 1 saturated heterocycles. The van der Waals surface area contributed by atoms with Gasteiger partial charge in [-0.15, -0.1) is 0 Å². The highest BCUT2D eigenvalue weighted by molar-refractivity contribution is 6.01. The van der Waals surface area contributed by atoms with Crippen LogP contribution in [-0.4, -0.2) is 35.2 Å². The van der Waals surface area contributed by atoms with Gasteiger partial charge in [0, 0.05) is 36.8 Å². The van der Waals surface area contributed by atoms with E-state index in [1.807, 2.05) is 17.0 Å². The van der Waals surface area contributed by atoms with Gasteiger partial charge in [-0.1, -0.05) is 18.9 Å². The van der Waals surface area contributed by atoms with Crippen molar-refractivity contribution in [3.8, 4) is 0 Å². The molecule has 0 radical (unpaired) electrons. The Labute approximate surface area is 140 Å². The Balaban J connectivity index is 1.42. The number of anilines is 1. The second-order valence-corrected chi connectivity index (χ2v) is 6.93. The Bertz CT molecular complexity index is 709. The molecule has 2 N–H and O–H groups in total. The fourth-order valence-electron chi connectivity index (χ4n) is 4.01. The number of amides is 3. The highest BCUT2D eigenvalue weighted by Crippen LogP contribution is 2.30. The minimum atomic E-state index is -0.305. The van der Waals surface area contributed by atoms with Gasteiger partial charge in [0.1, 0.15) is 0 Å². The second kappa shape index (κ2) is 5.92. The normalized spacial score (nSPS) is 23.5. The number of nitrogens with zero attached hydrogens (tertiary/aromatic N) is 1. The topological polar surface area (TPSA) is 78.5 Å². The third kappa shape index (κ3) is 2.66. The maximum absolute atomic E-state index is 12.5. The molecule has 1 aliphatic carbocycles. The minimum Gasteiger partial charge on any atom is -0.348 e. The van der Waals surface area contributed by atoms with E-state index in [1.54, 1.807) is 6.07 Å². The average Bonchev–Trinajstić information content (AvgIpc) is 3.28. The van der Waals surface area contributed by atoms with Gasteiger partial charge in [0.15, 0.2) is 0 Å². The van der Waals surface area contributed by atoms with Crippen molar-refractivity contribution in [2.24, 2.45) is 5.92 Å². The lowest BCUT2D eigenvalue weighted by atomic mass is 10.1. The van der Waals surface area contributed by atoms with Crippen LogP contribution in [0.15, 0.2) is 18.2 Å². The molecule has 1 aromatic rings. The van der Waals surface area contributed by atoms with Gasteiger partial charge in [-0.25, -0.2) is 0 Å². The lowest BCUT2D eigenvalue weighted by Gasteiger charge is -2.23. The van der Waals surface area contributed by atoms with Crippen molar-refractivity contribution in [3.63, 3.8) is 0 Å². The minimum absolute atomic E-state index is 0.0929. The zero-order valence-corrected chi connectivity index (χ0v) is 13.5. The van der Waals surface area contributed by atoms with Gasteiger partial charge >= 0.3 is 0 Å². The van der Waals surface area contributed by atoms with Crippen molar-refractivity contribution in [3.05, 3.63) is 29.3 Å². The zero-order chi connectivity index (χ0) is 16.7. The first kappa shape index (κ1) is 15.2. The maximum atomic E-state index is 12.5. The van der Waals surface area contributed by atoms with E-state index in [0.717, 1.165) is 18.4 Å². The van der Waals surface area contributed by atoms with Crippen molar-refractivity contribution in [1.82, 2.24) is 10.2 Å². The highest BCUT2D eigenvalue weighted by atomic mass is 16.2. The molecule has 1 unspecified atom stereocenters. The van der Waals surface area contributed by atoms with Crippen LogP contribution in [0.4, 0.5) is 5.69 Å². The summed E-state index contributed by atoms with van der Waals surface area (Å²) in [4.78, 5) is 38.3. The molecule has 1 saturated carbocycles. The Morgan fingerprint density at radius 2 is 2.00 bits per heavy atom. The monoisotopic (exact) mass is 327 g/mol. The molecule has 6 heteroatoms. The van der Waals surface area contributed by atoms with E-state index in [0.29, 0.717) is 30.4 Å². The third-order valence-electron chi connectivity index (χ3n) is 5.36. The summed E-state index contributed by atoms with van der Waals surface area (Å²) in [6.45, 7) is 1.05. The predicted octanol–water partition coefficient (Wildman–Crippen LogP) is 1.66. The predicted molar refractivity (Wildman–Crippen MR) is 88.3 cm³/mol. The first-order valence-electron chi connectivity index (χ1n) is 8.63. The van der Waals surface area contributed by atoms with Gasteiger partial charge in [0.25, 0.3) is 5.91 Å². The van der Waals surface area contributed by atoms with E-state index in [9.17, 15) is 14.4 Å². The third-order valence-corrected chi connectivity index (χ3v) is 5.36. The molecule has 2 fully saturated rings. The number of rotatable bonds is 3. The molecular formula is C18H21N3O3. The van der Waals surface area contributed by atoms with Crippen LogP contribution in [0.1, 0.15) is 48.0 Å². The van der Waals surface area contributed by atoms with Crippen LogP contribution >= 0.6 is 0 Å². The first-order valence-corrected chi connectivity index (χ1v) is 8.63. The van der Waals surface area contributed by atoms with E-state index in [4.69, 9.17) is 0 Å². The van der Waals surface area contributed by atoms with Crippen LogP contribution in [0, 0.1) is 5.92 Å². The largest absolute Gasteiger partial charge is 0.348 e. The van der Waals surface area contributed by atoms with Crippen LogP contribution in [0.25, 0.3) is 0 Å². The second-order valence-electron chi connectivity index (χ2n) is 6.93. The Morgan fingerprint density at radius 1 is 1.21 bits per heavy atom. The first-order chi connectivity index (χ1) is 11.6. The fourth-order valence-corrected chi connectivity index (χ4v) is 4.01. The van der Waals surface area contributed by atoms with Crippen LogP contribution in [0.3, 0.4) is 0 Å². The van der Waals surface area contributed by atoms with E-state index in [2.05, 4.69) is 10.6 Å². The summed E-state index contributed by atoms with van der Waals surface area (Å²) in [7, 11) is 0. The average molecular weight is 327 g/mol. The Hall–Kier alpha value is -2.37. The van der Waals surface area contributed by atoms with Gasteiger partial charge in [-0.05, 0) is 30.5 Å². The number of carbonyl (C=O) groups is 3. The standard InChI is InChI=1S/C18H21N3O3/c22-16-7-12(10-21(16)14-3-1-2-4-14)17(23)20-13-6-5-11-9-19-18(24)15(11)8-13/h5-6,8,12,14H,1-4,7,9-10H2,(H,19,24)(H,20,23). The zero-order valence-electron chi connectivity index (χ0n) is 13.5. The van der Waals surface area contributed by atoms with Crippen LogP contribution in [-0.2, 0) is 16.1 Å². The SMILES string of the molecule is O=C1NCc2ccc(NC(=O)C3CC(=O)N(C4CCCC4)C3)cc21. The van der Waals surface area contributed by atoms with Gasteiger partial charge in [0.05, 0.1) is 5.92 Å². The summed E-state index contributed by atoms with van der Waals surface area (Å²) in [5.74, 6) is -0.456. The van der Waals surface area contributed by atoms with Crippen LogP contribution in [0.5, 0.6) is 0 Å². The Morgan fingerprint density at radius 3 is 2.79 bits per heavy atom. The molecule has 0 aromatic heterocycles. The number of fused-ring (bicyclic) bond motifs is 1. The van der Waals surface area contributed by atoms with E-state index >= 15 is 0 Å². The smallest absolute Gasteiger partial charge is 0.251 e. The summed E-state index contributed by atoms with van der Waals surface area (Å²) in [5, 5.41) is 5.63. The van der Waals surface area contributed by atoms with Crippen molar-refractivity contribution in [1.29, 1.82) is 0 Å². The summed E-state index contributed by atoms with van der Waals surface area (Å²) >= 11 is 0. The van der Waals surface area contributed by atoms with Crippen molar-refractivity contribution in [2.45, 2.75) is 44.7 Å². The van der Waals surface area contributed by atoms with Crippen molar-refractivity contribution in [2.75, 3.05) is 11.9 Å². The molecule has 2 heterocycles. The molecule has 4 rings (SSSR count). The molecule has 0 spiro atoms. The molecule has 6 nitrogen and oxygen atoms in total. The van der Waals surface area contributed by atoms with Crippen molar-refractivity contribution >= 4 is 23.4 Å². The summed E-state index contributed by atoms with van der Waals surface area (Å²) in [6, 6.07) is 5.69. The number of hydrogen-bond donors (Lipinski definition) is 2. The number of carbonyl (C=O) groups excluding carboxylic acids is 3. The molecule has 3 amide bonds. The molecule has 1 atom stereocenters. The van der Waals surface area contributed by atoms with E-state index in [1.165, 1.54) is 12.8 Å². The van der Waals surface area contributed by atoms with Crippen LogP contribution < -0.4 is 10.6 Å². The summed E-state index contributed by atoms with van der Waals surface area (Å²) in [6.07, 6.45) is 4.73. The highest BCUT2D eigenvalue weighted by Gasteiger charge is 2.38. The number of benzene rings is 1. The molecule has 3 aliphatic rings. The van der Waals surface area contributed by atoms with Crippen molar-refractivity contribution < 1.29 is 14.4 Å². The van der Waals surface area contributed by atoms with E-state index < -0.39 is 0 Å². The maximum Gasteiger partial charge on any atom is 0.251 e. The number of nitrogens with one attached hydrogen (secondary N) is 2. The lowest BCUT2D eigenvalue weighted by Crippen LogP contribution is -2.35. The summed E-state index contributed by atoms with van der Waals surface area (Å²) in [5.41, 5.74) is 2.17. The Kier molecular flexibility index (Phi) is 3.75. The molecule has 2 aliphatic heterocycles. The number of likely N-dealkylation sites (tertiary alicyclic amines) is 1. The molecule has 1 aromatic carbocycles. The van der Waals surface area contributed by atoms with Gasteiger partial charge in [-0.2, -0.15) is 0 Å². The molecule has 0 bridgehead atoms. The molecule has 126 valence electrons. The molecule has 24 heavy (non-hydrogen) atoms. The van der Waals surface area contributed by atoms with Gasteiger partial charge < -0.3 is 15.5 Å². The van der Waals surface area contributed by atoms with E-state index in [-0.39, 0.29) is 30.1 Å². The van der Waals surface area contributed by atoms with Gasteiger partial charge in [-0.3, -0.25) is 14.4 Å².